The molecular weight excluding hydrogens is 252 g/mol. The molecule has 0 aromatic heterocycles. The molecule has 3 rings (SSSR count). The lowest BCUT2D eigenvalue weighted by atomic mass is 10.1. The maximum Gasteiger partial charge on any atom is 0.205 e. The summed E-state index contributed by atoms with van der Waals surface area (Å²) in [6.07, 6.45) is -1.44. The largest absolute Gasteiger partial charge is 0.387 e. The van der Waals surface area contributed by atoms with Crippen LogP contribution in [0.4, 0.5) is 11.4 Å². The maximum atomic E-state index is 10.3. The minimum absolute atomic E-state index is 0.342. The summed E-state index contributed by atoms with van der Waals surface area (Å²) in [4.78, 5) is 1.77. The van der Waals surface area contributed by atoms with Gasteiger partial charge in [-0.1, -0.05) is 36.4 Å². The van der Waals surface area contributed by atoms with Gasteiger partial charge >= 0.3 is 0 Å². The first kappa shape index (κ1) is 13.0. The van der Waals surface area contributed by atoms with Gasteiger partial charge < -0.3 is 20.4 Å². The molecule has 0 spiro atoms. The third-order valence-electron chi connectivity index (χ3n) is 3.60. The molecule has 1 aliphatic rings. The summed E-state index contributed by atoms with van der Waals surface area (Å²) in [5.41, 5.74) is 3.80. The highest BCUT2D eigenvalue weighted by Crippen LogP contribution is 2.35. The molecule has 4 heteroatoms. The number of fused-ring (bicyclic) bond motifs is 1. The van der Waals surface area contributed by atoms with Gasteiger partial charge in [-0.25, -0.2) is 0 Å². The first-order chi connectivity index (χ1) is 9.65. The van der Waals surface area contributed by atoms with Crippen LogP contribution in [0.1, 0.15) is 17.2 Å². The fourth-order valence-corrected chi connectivity index (χ4v) is 2.53. The van der Waals surface area contributed by atoms with Crippen LogP contribution in [0.2, 0.25) is 0 Å². The molecule has 2 unspecified atom stereocenters. The number of aliphatic hydroxyl groups is 2. The summed E-state index contributed by atoms with van der Waals surface area (Å²) in [6.45, 7) is 2.35. The van der Waals surface area contributed by atoms with Gasteiger partial charge in [0.05, 0.1) is 24.0 Å². The second kappa shape index (κ2) is 5.15. The third-order valence-corrected chi connectivity index (χ3v) is 3.60. The smallest absolute Gasteiger partial charge is 0.205 e. The molecule has 0 fully saturated rings. The summed E-state index contributed by atoms with van der Waals surface area (Å²) < 4.78 is 0. The van der Waals surface area contributed by atoms with E-state index < -0.39 is 12.5 Å². The van der Waals surface area contributed by atoms with Crippen LogP contribution >= 0.6 is 0 Å². The minimum atomic E-state index is -0.801. The molecule has 0 radical (unpaired) electrons. The molecule has 0 amide bonds. The summed E-state index contributed by atoms with van der Waals surface area (Å²) in [7, 11) is 0. The van der Waals surface area contributed by atoms with E-state index >= 15 is 0 Å². The Balaban J connectivity index is 1.82. The molecule has 2 aromatic carbocycles. The Bertz CT molecular complexity index is 601. The minimum Gasteiger partial charge on any atom is -0.387 e. The van der Waals surface area contributed by atoms with Gasteiger partial charge in [0.1, 0.15) is 0 Å². The van der Waals surface area contributed by atoms with Crippen molar-refractivity contribution in [2.45, 2.75) is 19.4 Å². The van der Waals surface area contributed by atoms with Crippen LogP contribution in [0.5, 0.6) is 0 Å². The van der Waals surface area contributed by atoms with E-state index in [1.807, 2.05) is 55.5 Å². The average molecular weight is 270 g/mol. The predicted octanol–water partition coefficient (Wildman–Crippen LogP) is 2.24. The van der Waals surface area contributed by atoms with Crippen molar-refractivity contribution in [1.29, 1.82) is 0 Å². The summed E-state index contributed by atoms with van der Waals surface area (Å²) in [5, 5.41) is 23.4. The number of nitrogens with zero attached hydrogens (tertiary/aromatic N) is 1. The molecule has 0 saturated heterocycles. The van der Waals surface area contributed by atoms with Crippen LogP contribution in [-0.4, -0.2) is 23.1 Å². The lowest BCUT2D eigenvalue weighted by molar-refractivity contribution is 0.150. The first-order valence-electron chi connectivity index (χ1n) is 6.70. The molecule has 0 saturated carbocycles. The fourth-order valence-electron chi connectivity index (χ4n) is 2.53. The Morgan fingerprint density at radius 3 is 2.70 bits per heavy atom. The molecule has 4 nitrogen and oxygen atoms in total. The van der Waals surface area contributed by atoms with Crippen molar-refractivity contribution >= 4 is 11.4 Å². The maximum absolute atomic E-state index is 10.3. The number of aryl methyl sites for hydroxylation is 1. The van der Waals surface area contributed by atoms with E-state index in [0.29, 0.717) is 6.54 Å². The van der Waals surface area contributed by atoms with Crippen LogP contribution in [-0.2, 0) is 0 Å². The number of hydrogen-bond donors (Lipinski definition) is 3. The molecule has 1 aliphatic heterocycles. The quantitative estimate of drug-likeness (QED) is 0.800. The van der Waals surface area contributed by atoms with Gasteiger partial charge in [0.25, 0.3) is 0 Å². The van der Waals surface area contributed by atoms with E-state index in [9.17, 15) is 10.2 Å². The highest BCUT2D eigenvalue weighted by molar-refractivity contribution is 5.76. The second-order valence-corrected chi connectivity index (χ2v) is 5.12. The topological polar surface area (TPSA) is 55.7 Å². The summed E-state index contributed by atoms with van der Waals surface area (Å²) in [6, 6.07) is 15.4. The molecule has 0 aliphatic carbocycles. The van der Waals surface area contributed by atoms with Gasteiger partial charge in [0.15, 0.2) is 0 Å². The summed E-state index contributed by atoms with van der Waals surface area (Å²) >= 11 is 0. The van der Waals surface area contributed by atoms with Crippen molar-refractivity contribution in [3.63, 3.8) is 0 Å². The molecule has 2 aromatic rings. The van der Waals surface area contributed by atoms with Crippen molar-refractivity contribution in [1.82, 2.24) is 0 Å². The second-order valence-electron chi connectivity index (χ2n) is 5.12. The zero-order valence-corrected chi connectivity index (χ0v) is 11.3. The van der Waals surface area contributed by atoms with Crippen LogP contribution in [0.3, 0.4) is 0 Å². The fraction of sp³-hybridized carbons (Fsp3) is 0.250. The van der Waals surface area contributed by atoms with E-state index in [1.54, 1.807) is 4.90 Å². The van der Waals surface area contributed by atoms with Gasteiger partial charge in [-0.15, -0.1) is 0 Å². The third kappa shape index (κ3) is 2.35. The Labute approximate surface area is 118 Å². The first-order valence-corrected chi connectivity index (χ1v) is 6.70. The number of β-amino-alcohol motifs (C(OH)–C–C–N with tert-alkyl or cyclic N) is 1. The molecule has 2 atom stereocenters. The van der Waals surface area contributed by atoms with E-state index in [-0.39, 0.29) is 0 Å². The number of rotatable bonds is 3. The van der Waals surface area contributed by atoms with E-state index in [4.69, 9.17) is 0 Å². The molecule has 0 bridgehead atoms. The Kier molecular flexibility index (Phi) is 3.34. The Hall–Kier alpha value is -2.04. The SMILES string of the molecule is Cc1ccc2c(c1)NC(O)N2CC(O)c1ccccc1. The zero-order valence-electron chi connectivity index (χ0n) is 11.3. The van der Waals surface area contributed by atoms with Gasteiger partial charge in [-0.05, 0) is 30.2 Å². The number of aliphatic hydroxyl groups excluding tert-OH is 2. The normalized spacial score (nSPS) is 18.6. The lowest BCUT2D eigenvalue weighted by Crippen LogP contribution is -2.38. The van der Waals surface area contributed by atoms with E-state index in [2.05, 4.69) is 5.32 Å². The monoisotopic (exact) mass is 270 g/mol. The molecule has 104 valence electrons. The molecule has 3 N–H and O–H groups in total. The van der Waals surface area contributed by atoms with E-state index in [1.165, 1.54) is 0 Å². The predicted molar refractivity (Wildman–Crippen MR) is 79.6 cm³/mol. The van der Waals surface area contributed by atoms with Crippen LogP contribution in [0.15, 0.2) is 48.5 Å². The standard InChI is InChI=1S/C16H18N2O2/c1-11-7-8-14-13(9-11)17-16(20)18(14)10-15(19)12-5-3-2-4-6-12/h2-9,15-17,19-20H,10H2,1H3. The molecule has 1 heterocycles. The van der Waals surface area contributed by atoms with Crippen molar-refractivity contribution in [3.8, 4) is 0 Å². The molecular formula is C16H18N2O2. The van der Waals surface area contributed by atoms with Crippen LogP contribution in [0, 0.1) is 6.92 Å². The number of benzene rings is 2. The van der Waals surface area contributed by atoms with Crippen LogP contribution in [0.25, 0.3) is 0 Å². The number of hydrogen-bond acceptors (Lipinski definition) is 4. The summed E-state index contributed by atoms with van der Waals surface area (Å²) in [5.74, 6) is 0. The van der Waals surface area contributed by atoms with Gasteiger partial charge in [0, 0.05) is 0 Å². The zero-order chi connectivity index (χ0) is 14.1. The van der Waals surface area contributed by atoms with Crippen molar-refractivity contribution in [2.24, 2.45) is 0 Å². The van der Waals surface area contributed by atoms with Gasteiger partial charge in [-0.3, -0.25) is 0 Å². The lowest BCUT2D eigenvalue weighted by Gasteiger charge is -2.25. The number of nitrogens with one attached hydrogen (secondary N) is 1. The van der Waals surface area contributed by atoms with Crippen molar-refractivity contribution in [3.05, 3.63) is 59.7 Å². The molecule has 20 heavy (non-hydrogen) atoms. The average Bonchev–Trinajstić information content (AvgIpc) is 2.75. The number of anilines is 2. The highest BCUT2D eigenvalue weighted by atomic mass is 16.3. The Morgan fingerprint density at radius 1 is 1.20 bits per heavy atom. The van der Waals surface area contributed by atoms with E-state index in [0.717, 1.165) is 22.5 Å². The Morgan fingerprint density at radius 2 is 1.95 bits per heavy atom. The van der Waals surface area contributed by atoms with Crippen LogP contribution < -0.4 is 10.2 Å². The van der Waals surface area contributed by atoms with Crippen molar-refractivity contribution in [2.75, 3.05) is 16.8 Å². The van der Waals surface area contributed by atoms with Gasteiger partial charge in [0.2, 0.25) is 6.35 Å². The van der Waals surface area contributed by atoms with Gasteiger partial charge in [-0.2, -0.15) is 0 Å². The highest BCUT2D eigenvalue weighted by Gasteiger charge is 2.28. The van der Waals surface area contributed by atoms with Crippen molar-refractivity contribution < 1.29 is 10.2 Å².